The van der Waals surface area contributed by atoms with Crippen molar-refractivity contribution >= 4 is 21.6 Å². The van der Waals surface area contributed by atoms with Gasteiger partial charge in [-0.25, -0.2) is 8.42 Å². The molecule has 5 nitrogen and oxygen atoms in total. The zero-order valence-electron chi connectivity index (χ0n) is 14.2. The van der Waals surface area contributed by atoms with Crippen molar-refractivity contribution in [3.05, 3.63) is 29.8 Å². The second-order valence-electron chi connectivity index (χ2n) is 6.79. The molecule has 1 aromatic rings. The number of hydrogen-bond donors (Lipinski definition) is 1. The Balaban J connectivity index is 3.06. The Morgan fingerprint density at radius 3 is 2.05 bits per heavy atom. The first-order valence-electron chi connectivity index (χ1n) is 7.29. The lowest BCUT2D eigenvalue weighted by molar-refractivity contribution is -0.120. The van der Waals surface area contributed by atoms with Gasteiger partial charge in [0, 0.05) is 6.04 Å². The number of benzene rings is 1. The molecule has 0 aliphatic rings. The van der Waals surface area contributed by atoms with Gasteiger partial charge in [0.1, 0.15) is 6.54 Å². The number of nitrogens with zero attached hydrogens (tertiary/aromatic N) is 1. The van der Waals surface area contributed by atoms with Gasteiger partial charge in [0.2, 0.25) is 15.9 Å². The molecule has 0 spiro atoms. The van der Waals surface area contributed by atoms with E-state index in [-0.39, 0.29) is 23.9 Å². The van der Waals surface area contributed by atoms with Crippen molar-refractivity contribution in [3.8, 4) is 0 Å². The third kappa shape index (κ3) is 5.33. The Bertz CT molecular complexity index is 614. The van der Waals surface area contributed by atoms with Gasteiger partial charge in [-0.1, -0.05) is 32.9 Å². The highest BCUT2D eigenvalue weighted by Crippen LogP contribution is 2.25. The zero-order chi connectivity index (χ0) is 17.1. The molecule has 1 aromatic carbocycles. The van der Waals surface area contributed by atoms with Crippen LogP contribution in [0, 0.1) is 0 Å². The molecule has 1 amide bonds. The van der Waals surface area contributed by atoms with Gasteiger partial charge in [-0.15, -0.1) is 0 Å². The topological polar surface area (TPSA) is 66.5 Å². The SMILES string of the molecule is CC(C)NC(=O)CN(c1ccc(C(C)(C)C)cc1)S(C)(=O)=O. The number of hydrogen-bond acceptors (Lipinski definition) is 3. The Kier molecular flexibility index (Phi) is 5.62. The Morgan fingerprint density at radius 1 is 1.18 bits per heavy atom. The van der Waals surface area contributed by atoms with E-state index < -0.39 is 10.0 Å². The molecule has 0 aliphatic carbocycles. The van der Waals surface area contributed by atoms with E-state index in [1.807, 2.05) is 26.0 Å². The summed E-state index contributed by atoms with van der Waals surface area (Å²) in [4.78, 5) is 11.9. The maximum absolute atomic E-state index is 12.0. The molecule has 124 valence electrons. The van der Waals surface area contributed by atoms with E-state index in [9.17, 15) is 13.2 Å². The minimum absolute atomic E-state index is 0.0104. The van der Waals surface area contributed by atoms with Crippen molar-refractivity contribution in [1.29, 1.82) is 0 Å². The average Bonchev–Trinajstić information content (AvgIpc) is 2.33. The Morgan fingerprint density at radius 2 is 1.68 bits per heavy atom. The molecule has 0 radical (unpaired) electrons. The van der Waals surface area contributed by atoms with E-state index in [0.29, 0.717) is 5.69 Å². The first kappa shape index (κ1) is 18.5. The lowest BCUT2D eigenvalue weighted by Gasteiger charge is -2.24. The molecule has 6 heteroatoms. The van der Waals surface area contributed by atoms with E-state index >= 15 is 0 Å². The molecule has 0 saturated carbocycles. The molecule has 0 saturated heterocycles. The fourth-order valence-corrected chi connectivity index (χ4v) is 2.88. The van der Waals surface area contributed by atoms with E-state index in [4.69, 9.17) is 0 Å². The van der Waals surface area contributed by atoms with Crippen LogP contribution in [0.2, 0.25) is 0 Å². The summed E-state index contributed by atoms with van der Waals surface area (Å²) in [6, 6.07) is 7.24. The summed E-state index contributed by atoms with van der Waals surface area (Å²) in [7, 11) is -3.52. The van der Waals surface area contributed by atoms with Crippen molar-refractivity contribution < 1.29 is 13.2 Å². The molecule has 22 heavy (non-hydrogen) atoms. The van der Waals surface area contributed by atoms with Gasteiger partial charge >= 0.3 is 0 Å². The van der Waals surface area contributed by atoms with Crippen molar-refractivity contribution in [2.75, 3.05) is 17.1 Å². The van der Waals surface area contributed by atoms with Crippen molar-refractivity contribution in [1.82, 2.24) is 5.32 Å². The largest absolute Gasteiger partial charge is 0.352 e. The first-order chi connectivity index (χ1) is 9.91. The predicted octanol–water partition coefficient (Wildman–Crippen LogP) is 2.27. The maximum Gasteiger partial charge on any atom is 0.240 e. The molecule has 0 atom stereocenters. The zero-order valence-corrected chi connectivity index (χ0v) is 15.0. The highest BCUT2D eigenvalue weighted by Gasteiger charge is 2.22. The van der Waals surface area contributed by atoms with Gasteiger partial charge in [-0.2, -0.15) is 0 Å². The average molecular weight is 326 g/mol. The molecule has 1 rings (SSSR count). The molecule has 0 fully saturated rings. The molecular weight excluding hydrogens is 300 g/mol. The number of anilines is 1. The van der Waals surface area contributed by atoms with Gasteiger partial charge in [0.25, 0.3) is 0 Å². The molecule has 0 unspecified atom stereocenters. The van der Waals surface area contributed by atoms with Crippen LogP contribution in [-0.4, -0.2) is 33.2 Å². The highest BCUT2D eigenvalue weighted by atomic mass is 32.2. The third-order valence-electron chi connectivity index (χ3n) is 3.16. The second-order valence-corrected chi connectivity index (χ2v) is 8.70. The van der Waals surface area contributed by atoms with E-state index in [1.54, 1.807) is 12.1 Å². The normalized spacial score (nSPS) is 12.3. The molecule has 0 aliphatic heterocycles. The summed E-state index contributed by atoms with van der Waals surface area (Å²) < 4.78 is 25.1. The van der Waals surface area contributed by atoms with Gasteiger partial charge in [-0.3, -0.25) is 9.10 Å². The van der Waals surface area contributed by atoms with Crippen LogP contribution in [-0.2, 0) is 20.2 Å². The summed E-state index contributed by atoms with van der Waals surface area (Å²) in [5, 5.41) is 2.71. The van der Waals surface area contributed by atoms with E-state index in [1.165, 1.54) is 0 Å². The van der Waals surface area contributed by atoms with Gasteiger partial charge in [0.15, 0.2) is 0 Å². The molecule has 1 N–H and O–H groups in total. The Hall–Kier alpha value is -1.56. The summed E-state index contributed by atoms with van der Waals surface area (Å²) in [5.41, 5.74) is 1.59. The van der Waals surface area contributed by atoms with Crippen LogP contribution in [0.5, 0.6) is 0 Å². The van der Waals surface area contributed by atoms with Gasteiger partial charge in [-0.05, 0) is 37.0 Å². The number of nitrogens with one attached hydrogen (secondary N) is 1. The smallest absolute Gasteiger partial charge is 0.240 e. The van der Waals surface area contributed by atoms with Crippen LogP contribution in [0.1, 0.15) is 40.2 Å². The lowest BCUT2D eigenvalue weighted by Crippen LogP contribution is -2.42. The minimum Gasteiger partial charge on any atom is -0.352 e. The number of carbonyl (C=O) groups is 1. The van der Waals surface area contributed by atoms with E-state index in [0.717, 1.165) is 16.1 Å². The number of rotatable bonds is 5. The minimum atomic E-state index is -3.52. The fraction of sp³-hybridized carbons (Fsp3) is 0.562. The predicted molar refractivity (Wildman–Crippen MR) is 90.6 cm³/mol. The Labute approximate surface area is 133 Å². The van der Waals surface area contributed by atoms with Crippen LogP contribution in [0.15, 0.2) is 24.3 Å². The summed E-state index contributed by atoms with van der Waals surface area (Å²) in [6.07, 6.45) is 1.10. The summed E-state index contributed by atoms with van der Waals surface area (Å²) in [6.45, 7) is 9.72. The quantitative estimate of drug-likeness (QED) is 0.902. The molecular formula is C16H26N2O3S. The van der Waals surface area contributed by atoms with Crippen LogP contribution < -0.4 is 9.62 Å². The monoisotopic (exact) mass is 326 g/mol. The van der Waals surface area contributed by atoms with Crippen LogP contribution in [0.3, 0.4) is 0 Å². The van der Waals surface area contributed by atoms with E-state index in [2.05, 4.69) is 26.1 Å². The highest BCUT2D eigenvalue weighted by molar-refractivity contribution is 7.92. The maximum atomic E-state index is 12.0. The standard InChI is InChI=1S/C16H26N2O3S/c1-12(2)17-15(19)11-18(22(6,20)21)14-9-7-13(8-10-14)16(3,4)5/h7-10,12H,11H2,1-6H3,(H,17,19). The number of sulfonamides is 1. The second kappa shape index (κ2) is 6.69. The fourth-order valence-electron chi connectivity index (χ4n) is 2.03. The van der Waals surface area contributed by atoms with Crippen molar-refractivity contribution in [2.45, 2.75) is 46.1 Å². The van der Waals surface area contributed by atoms with Crippen LogP contribution >= 0.6 is 0 Å². The lowest BCUT2D eigenvalue weighted by atomic mass is 9.87. The van der Waals surface area contributed by atoms with Gasteiger partial charge in [0.05, 0.1) is 11.9 Å². The third-order valence-corrected chi connectivity index (χ3v) is 4.30. The van der Waals surface area contributed by atoms with Crippen LogP contribution in [0.25, 0.3) is 0 Å². The molecule has 0 bridgehead atoms. The summed E-state index contributed by atoms with van der Waals surface area (Å²) >= 11 is 0. The summed E-state index contributed by atoms with van der Waals surface area (Å²) in [5.74, 6) is -0.319. The van der Waals surface area contributed by atoms with Crippen molar-refractivity contribution in [3.63, 3.8) is 0 Å². The van der Waals surface area contributed by atoms with Crippen molar-refractivity contribution in [2.24, 2.45) is 0 Å². The van der Waals surface area contributed by atoms with Crippen LogP contribution in [0.4, 0.5) is 5.69 Å². The molecule has 0 aromatic heterocycles. The number of amides is 1. The van der Waals surface area contributed by atoms with Gasteiger partial charge < -0.3 is 5.32 Å². The number of carbonyl (C=O) groups excluding carboxylic acids is 1. The molecule has 0 heterocycles. The first-order valence-corrected chi connectivity index (χ1v) is 9.13.